The third-order valence-electron chi connectivity index (χ3n) is 2.85. The summed E-state index contributed by atoms with van der Waals surface area (Å²) in [4.78, 5) is 9.23. The zero-order valence-corrected chi connectivity index (χ0v) is 11.3. The van der Waals surface area contributed by atoms with Gasteiger partial charge in [0.15, 0.2) is 5.96 Å². The molecule has 1 fully saturated rings. The van der Waals surface area contributed by atoms with Crippen LogP contribution in [0.3, 0.4) is 0 Å². The number of aliphatic imine (C=N–C) groups is 1. The first-order chi connectivity index (χ1) is 6.68. The molecule has 0 amide bonds. The number of hydrogen-bond acceptors (Lipinski definition) is 1. The van der Waals surface area contributed by atoms with E-state index in [1.165, 1.54) is 0 Å². The number of nitrogens with zero attached hydrogens (tertiary/aromatic N) is 3. The van der Waals surface area contributed by atoms with Crippen molar-refractivity contribution in [2.24, 2.45) is 4.99 Å². The van der Waals surface area contributed by atoms with E-state index in [-0.39, 0.29) is 11.1 Å². The molecule has 3 nitrogen and oxygen atoms in total. The van der Waals surface area contributed by atoms with Gasteiger partial charge in [-0.25, -0.2) is 0 Å². The molecule has 1 saturated heterocycles. The highest BCUT2D eigenvalue weighted by atomic mass is 15.5. The molecule has 1 aliphatic heterocycles. The van der Waals surface area contributed by atoms with E-state index >= 15 is 0 Å². The molecule has 0 bridgehead atoms. The Bertz CT molecular complexity index is 231. The second-order valence-electron chi connectivity index (χ2n) is 6.17. The standard InChI is InChI=1S/C12H25N3/c1-11(2,3)14-8-9-15(10(14)13-7)12(4,5)6/h8-9H2,1-7H3. The molecule has 0 aromatic heterocycles. The molecule has 0 radical (unpaired) electrons. The Balaban J connectivity index is 2.95. The maximum atomic E-state index is 4.45. The van der Waals surface area contributed by atoms with Crippen molar-refractivity contribution in [3.8, 4) is 0 Å². The quantitative estimate of drug-likeness (QED) is 0.611. The first-order valence-corrected chi connectivity index (χ1v) is 5.70. The number of rotatable bonds is 0. The summed E-state index contributed by atoms with van der Waals surface area (Å²) in [7, 11) is 1.89. The van der Waals surface area contributed by atoms with Crippen LogP contribution in [-0.4, -0.2) is 47.0 Å². The van der Waals surface area contributed by atoms with Crippen molar-refractivity contribution in [1.82, 2.24) is 9.80 Å². The summed E-state index contributed by atoms with van der Waals surface area (Å²) < 4.78 is 0. The molecule has 1 rings (SSSR count). The fourth-order valence-corrected chi connectivity index (χ4v) is 2.06. The van der Waals surface area contributed by atoms with Gasteiger partial charge in [0.2, 0.25) is 0 Å². The maximum Gasteiger partial charge on any atom is 0.197 e. The lowest BCUT2D eigenvalue weighted by atomic mass is 10.1. The van der Waals surface area contributed by atoms with E-state index in [0.29, 0.717) is 0 Å². The Morgan fingerprint density at radius 3 is 1.40 bits per heavy atom. The summed E-state index contributed by atoms with van der Waals surface area (Å²) in [5.74, 6) is 1.13. The highest BCUT2D eigenvalue weighted by molar-refractivity contribution is 5.83. The van der Waals surface area contributed by atoms with Crippen LogP contribution >= 0.6 is 0 Å². The summed E-state index contributed by atoms with van der Waals surface area (Å²) in [5, 5.41) is 0. The molecular weight excluding hydrogens is 186 g/mol. The Kier molecular flexibility index (Phi) is 3.04. The maximum absolute atomic E-state index is 4.45. The minimum Gasteiger partial charge on any atom is -0.336 e. The molecule has 15 heavy (non-hydrogen) atoms. The summed E-state index contributed by atoms with van der Waals surface area (Å²) in [6.07, 6.45) is 0. The van der Waals surface area contributed by atoms with Crippen LogP contribution < -0.4 is 0 Å². The predicted octanol–water partition coefficient (Wildman–Crippen LogP) is 2.19. The Hall–Kier alpha value is -0.730. The van der Waals surface area contributed by atoms with E-state index in [2.05, 4.69) is 56.3 Å². The molecular formula is C12H25N3. The van der Waals surface area contributed by atoms with Gasteiger partial charge in [0.05, 0.1) is 0 Å². The highest BCUT2D eigenvalue weighted by Crippen LogP contribution is 2.26. The van der Waals surface area contributed by atoms with Gasteiger partial charge < -0.3 is 9.80 Å². The minimum atomic E-state index is 0.162. The van der Waals surface area contributed by atoms with Gasteiger partial charge >= 0.3 is 0 Å². The van der Waals surface area contributed by atoms with E-state index in [1.54, 1.807) is 0 Å². The molecule has 0 aliphatic carbocycles. The van der Waals surface area contributed by atoms with Crippen LogP contribution in [0, 0.1) is 0 Å². The topological polar surface area (TPSA) is 18.8 Å². The van der Waals surface area contributed by atoms with E-state index in [4.69, 9.17) is 0 Å². The molecule has 0 atom stereocenters. The van der Waals surface area contributed by atoms with Crippen molar-refractivity contribution in [1.29, 1.82) is 0 Å². The second-order valence-corrected chi connectivity index (χ2v) is 6.17. The van der Waals surface area contributed by atoms with E-state index < -0.39 is 0 Å². The first kappa shape index (κ1) is 12.3. The van der Waals surface area contributed by atoms with E-state index in [9.17, 15) is 0 Å². The molecule has 1 aliphatic rings. The molecule has 0 saturated carbocycles. The average molecular weight is 211 g/mol. The summed E-state index contributed by atoms with van der Waals surface area (Å²) in [6.45, 7) is 15.6. The SMILES string of the molecule is CN=C1N(C(C)(C)C)CCN1C(C)(C)C. The second kappa shape index (κ2) is 3.69. The first-order valence-electron chi connectivity index (χ1n) is 5.70. The van der Waals surface area contributed by atoms with Crippen LogP contribution in [0.5, 0.6) is 0 Å². The van der Waals surface area contributed by atoms with Crippen LogP contribution in [0.1, 0.15) is 41.5 Å². The molecule has 0 aromatic rings. The van der Waals surface area contributed by atoms with Gasteiger partial charge in [-0.15, -0.1) is 0 Å². The van der Waals surface area contributed by atoms with Crippen LogP contribution in [0.4, 0.5) is 0 Å². The minimum absolute atomic E-state index is 0.162. The third kappa shape index (κ3) is 2.44. The fourth-order valence-electron chi connectivity index (χ4n) is 2.06. The fraction of sp³-hybridized carbons (Fsp3) is 0.917. The van der Waals surface area contributed by atoms with Crippen molar-refractivity contribution in [3.63, 3.8) is 0 Å². The van der Waals surface area contributed by atoms with Gasteiger partial charge in [-0.05, 0) is 41.5 Å². The van der Waals surface area contributed by atoms with Crippen molar-refractivity contribution >= 4 is 5.96 Å². The van der Waals surface area contributed by atoms with Gasteiger partial charge in [0.1, 0.15) is 0 Å². The van der Waals surface area contributed by atoms with Crippen molar-refractivity contribution < 1.29 is 0 Å². The largest absolute Gasteiger partial charge is 0.336 e. The highest BCUT2D eigenvalue weighted by Gasteiger charge is 2.38. The van der Waals surface area contributed by atoms with Gasteiger partial charge in [-0.1, -0.05) is 0 Å². The van der Waals surface area contributed by atoms with Crippen molar-refractivity contribution in [3.05, 3.63) is 0 Å². The normalized spacial score (nSPS) is 18.7. The average Bonchev–Trinajstić information content (AvgIpc) is 2.43. The smallest absolute Gasteiger partial charge is 0.197 e. The van der Waals surface area contributed by atoms with Gasteiger partial charge in [-0.3, -0.25) is 4.99 Å². The monoisotopic (exact) mass is 211 g/mol. The lowest BCUT2D eigenvalue weighted by molar-refractivity contribution is 0.246. The van der Waals surface area contributed by atoms with Gasteiger partial charge in [0, 0.05) is 31.2 Å². The van der Waals surface area contributed by atoms with Crippen LogP contribution in [0.25, 0.3) is 0 Å². The van der Waals surface area contributed by atoms with Gasteiger partial charge in [0.25, 0.3) is 0 Å². The van der Waals surface area contributed by atoms with E-state index in [1.807, 2.05) is 7.05 Å². The summed E-state index contributed by atoms with van der Waals surface area (Å²) >= 11 is 0. The lowest BCUT2D eigenvalue weighted by Gasteiger charge is -2.38. The molecule has 0 unspecified atom stereocenters. The third-order valence-corrected chi connectivity index (χ3v) is 2.85. The van der Waals surface area contributed by atoms with E-state index in [0.717, 1.165) is 19.0 Å². The molecule has 0 aromatic carbocycles. The molecule has 3 heteroatoms. The van der Waals surface area contributed by atoms with Crippen LogP contribution in [0.15, 0.2) is 4.99 Å². The number of hydrogen-bond donors (Lipinski definition) is 0. The predicted molar refractivity (Wildman–Crippen MR) is 66.3 cm³/mol. The Morgan fingerprint density at radius 1 is 0.867 bits per heavy atom. The van der Waals surface area contributed by atoms with Crippen molar-refractivity contribution in [2.75, 3.05) is 20.1 Å². The Morgan fingerprint density at radius 2 is 1.20 bits per heavy atom. The summed E-state index contributed by atoms with van der Waals surface area (Å²) in [5.41, 5.74) is 0.323. The zero-order valence-electron chi connectivity index (χ0n) is 11.3. The molecule has 0 spiro atoms. The van der Waals surface area contributed by atoms with Crippen LogP contribution in [-0.2, 0) is 0 Å². The van der Waals surface area contributed by atoms with Crippen molar-refractivity contribution in [2.45, 2.75) is 52.6 Å². The van der Waals surface area contributed by atoms with Crippen LogP contribution in [0.2, 0.25) is 0 Å². The number of guanidine groups is 1. The molecule has 0 N–H and O–H groups in total. The molecule has 88 valence electrons. The summed E-state index contributed by atoms with van der Waals surface area (Å²) in [6, 6.07) is 0. The lowest BCUT2D eigenvalue weighted by Crippen LogP contribution is -2.49. The molecule has 1 heterocycles. The zero-order chi connectivity index (χ0) is 11.9. The van der Waals surface area contributed by atoms with Gasteiger partial charge in [-0.2, -0.15) is 0 Å². The Labute approximate surface area is 94.2 Å².